The van der Waals surface area contributed by atoms with Crippen LogP contribution < -0.4 is 10.9 Å². The van der Waals surface area contributed by atoms with Crippen LogP contribution in [0, 0.1) is 5.92 Å². The highest BCUT2D eigenvalue weighted by Gasteiger charge is 2.27. The number of alkyl halides is 2. The van der Waals surface area contributed by atoms with E-state index < -0.39 is 24.0 Å². The number of amides is 1. The molecule has 1 N–H and O–H groups in total. The molecule has 5 aromatic rings. The van der Waals surface area contributed by atoms with E-state index in [0.29, 0.717) is 57.0 Å². The number of halogens is 4. The van der Waals surface area contributed by atoms with Crippen molar-refractivity contribution in [1.29, 1.82) is 0 Å². The van der Waals surface area contributed by atoms with Gasteiger partial charge in [-0.15, -0.1) is 5.10 Å². The molecule has 1 aromatic carbocycles. The van der Waals surface area contributed by atoms with Crippen molar-refractivity contribution in [3.8, 4) is 28.3 Å². The number of hydrogen-bond donors (Lipinski definition) is 1. The van der Waals surface area contributed by atoms with Gasteiger partial charge in [-0.3, -0.25) is 9.78 Å². The Morgan fingerprint density at radius 2 is 1.93 bits per heavy atom. The number of aromatic nitrogens is 6. The predicted octanol–water partition coefficient (Wildman–Crippen LogP) is 6.74. The third-order valence-electron chi connectivity index (χ3n) is 7.39. The second-order valence-corrected chi connectivity index (χ2v) is 11.0. The Hall–Kier alpha value is -4.42. The molecule has 1 aliphatic rings. The van der Waals surface area contributed by atoms with Crippen LogP contribution >= 0.6 is 23.2 Å². The monoisotopic (exact) mass is 625 g/mol. The van der Waals surface area contributed by atoms with Gasteiger partial charge in [-0.05, 0) is 55.3 Å². The van der Waals surface area contributed by atoms with E-state index in [9.17, 15) is 18.4 Å². The Balaban J connectivity index is 1.45. The van der Waals surface area contributed by atoms with Gasteiger partial charge in [0.15, 0.2) is 5.15 Å². The topological polar surface area (TPSA) is 121 Å². The third kappa shape index (κ3) is 5.67. The van der Waals surface area contributed by atoms with Crippen LogP contribution in [-0.2, 0) is 4.79 Å². The number of rotatable bonds is 4. The average molecular weight is 626 g/mol. The van der Waals surface area contributed by atoms with Gasteiger partial charge in [0.2, 0.25) is 5.91 Å². The molecule has 0 saturated heterocycles. The van der Waals surface area contributed by atoms with Gasteiger partial charge in [0.1, 0.15) is 5.76 Å². The van der Waals surface area contributed by atoms with Crippen LogP contribution in [-0.4, -0.2) is 35.7 Å². The minimum Gasteiger partial charge on any atom is -0.422 e. The Labute approximate surface area is 253 Å². The highest BCUT2D eigenvalue weighted by atomic mass is 35.5. The molecule has 1 amide bonds. The quantitative estimate of drug-likeness (QED) is 0.235. The number of nitrogens with zero attached hydrogens (tertiary/aromatic N) is 6. The summed E-state index contributed by atoms with van der Waals surface area (Å²) in [5.74, 6) is -1.03. The number of pyridine rings is 1. The smallest absolute Gasteiger partial charge is 0.340 e. The van der Waals surface area contributed by atoms with Crippen molar-refractivity contribution in [3.63, 3.8) is 0 Å². The Morgan fingerprint density at radius 3 is 2.67 bits per heavy atom. The van der Waals surface area contributed by atoms with Crippen LogP contribution in [0.2, 0.25) is 10.2 Å². The maximum Gasteiger partial charge on any atom is 0.340 e. The minimum absolute atomic E-state index is 0.0441. The lowest BCUT2D eigenvalue weighted by Gasteiger charge is -2.20. The highest BCUT2D eigenvalue weighted by Crippen LogP contribution is 2.37. The molecule has 6 rings (SSSR count). The van der Waals surface area contributed by atoms with Crippen LogP contribution in [0.5, 0.6) is 0 Å². The van der Waals surface area contributed by atoms with Crippen molar-refractivity contribution < 1.29 is 18.0 Å². The lowest BCUT2D eigenvalue weighted by molar-refractivity contribution is -0.119. The lowest BCUT2D eigenvalue weighted by atomic mass is 9.88. The molecule has 0 radical (unpaired) electrons. The van der Waals surface area contributed by atoms with Crippen molar-refractivity contribution >= 4 is 34.8 Å². The van der Waals surface area contributed by atoms with Gasteiger partial charge < -0.3 is 9.73 Å². The number of benzene rings is 1. The molecule has 10 nitrogen and oxygen atoms in total. The molecule has 0 aliphatic carbocycles. The van der Waals surface area contributed by atoms with Crippen molar-refractivity contribution in [2.75, 3.05) is 5.32 Å². The van der Waals surface area contributed by atoms with Crippen molar-refractivity contribution in [1.82, 2.24) is 29.8 Å². The molecule has 2 bridgehead atoms. The van der Waals surface area contributed by atoms with Crippen LogP contribution in [0.4, 0.5) is 14.5 Å². The minimum atomic E-state index is -2.94. The Kier molecular flexibility index (Phi) is 7.80. The molecule has 43 heavy (non-hydrogen) atoms. The largest absolute Gasteiger partial charge is 0.422 e. The molecule has 0 unspecified atom stereocenters. The van der Waals surface area contributed by atoms with Gasteiger partial charge in [0.25, 0.3) is 0 Å². The summed E-state index contributed by atoms with van der Waals surface area (Å²) in [5.41, 5.74) is 1.83. The predicted molar refractivity (Wildman–Crippen MR) is 156 cm³/mol. The number of carbonyl (C=O) groups excluding carboxylic acids is 1. The number of fused-ring (bicyclic) bond motifs is 4. The second kappa shape index (κ2) is 11.7. The Bertz CT molecular complexity index is 1890. The fourth-order valence-electron chi connectivity index (χ4n) is 5.25. The van der Waals surface area contributed by atoms with Crippen molar-refractivity contribution in [2.45, 2.75) is 38.7 Å². The number of nitrogens with one attached hydrogen (secondary N) is 1. The molecule has 1 aliphatic heterocycles. The summed E-state index contributed by atoms with van der Waals surface area (Å²) in [6.45, 7) is -1.18. The molecular weight excluding hydrogens is 603 g/mol. The summed E-state index contributed by atoms with van der Waals surface area (Å²) in [4.78, 5) is 31.0. The Morgan fingerprint density at radius 1 is 1.09 bits per heavy atom. The molecule has 220 valence electrons. The molecule has 0 saturated carbocycles. The van der Waals surface area contributed by atoms with Gasteiger partial charge in [0, 0.05) is 45.4 Å². The van der Waals surface area contributed by atoms with E-state index in [1.165, 1.54) is 23.3 Å². The first-order valence-corrected chi connectivity index (χ1v) is 14.1. The fraction of sp³-hybridized carbons (Fsp3) is 0.241. The molecule has 4 aromatic heterocycles. The fourth-order valence-corrected chi connectivity index (χ4v) is 5.55. The van der Waals surface area contributed by atoms with Crippen molar-refractivity contribution in [3.05, 3.63) is 92.9 Å². The zero-order valence-electron chi connectivity index (χ0n) is 22.5. The molecule has 5 heterocycles. The maximum absolute atomic E-state index is 13.9. The SMILES string of the molecule is C[C@@H]1CCC[C@H](c2ccc(-c3cc(Cl)ccc3-n3cc(Cl)nn3)oc2=O)c2cc(ccn2)-c2c(cnn2C(F)F)NC1=O. The first kappa shape index (κ1) is 28.7. The molecular formula is C29H23Cl2F2N7O3. The molecule has 0 fully saturated rings. The normalized spacial score (nSPS) is 17.2. The number of anilines is 1. The summed E-state index contributed by atoms with van der Waals surface area (Å²) in [5, 5.41) is 15.0. The number of carbonyl (C=O) groups is 1. The van der Waals surface area contributed by atoms with Crippen LogP contribution in [0.15, 0.2) is 70.3 Å². The average Bonchev–Trinajstić information content (AvgIpc) is 3.61. The van der Waals surface area contributed by atoms with E-state index in [2.05, 4.69) is 25.7 Å². The van der Waals surface area contributed by atoms with Crippen LogP contribution in [0.25, 0.3) is 28.3 Å². The first-order chi connectivity index (χ1) is 20.7. The summed E-state index contributed by atoms with van der Waals surface area (Å²) < 4.78 is 35.7. The van der Waals surface area contributed by atoms with Gasteiger partial charge in [0.05, 0.1) is 29.5 Å². The van der Waals surface area contributed by atoms with E-state index in [-0.39, 0.29) is 28.2 Å². The zero-order valence-corrected chi connectivity index (χ0v) is 24.1. The summed E-state index contributed by atoms with van der Waals surface area (Å²) in [6.07, 6.45) is 5.74. The summed E-state index contributed by atoms with van der Waals surface area (Å²) in [6, 6.07) is 11.5. The van der Waals surface area contributed by atoms with E-state index in [0.717, 1.165) is 0 Å². The standard InChI is InChI=1S/C29H23Cl2F2N7O3/c1-15-3-2-4-18(21-11-16(9-10-34-21)26-22(36-27(15)41)13-35-40(26)29(32)33)19-6-8-24(43-28(19)42)20-12-17(30)5-7-23(20)39-14-25(31)37-38-39/h5-15,18,29H,2-4H2,1H3,(H,36,41)/t15-,18-/m1/s1. The third-order valence-corrected chi connectivity index (χ3v) is 7.80. The van der Waals surface area contributed by atoms with Gasteiger partial charge >= 0.3 is 12.2 Å². The van der Waals surface area contributed by atoms with E-state index in [4.69, 9.17) is 27.6 Å². The number of hydrogen-bond acceptors (Lipinski definition) is 7. The van der Waals surface area contributed by atoms with E-state index in [1.807, 2.05) is 0 Å². The first-order valence-electron chi connectivity index (χ1n) is 13.3. The zero-order chi connectivity index (χ0) is 30.2. The second-order valence-electron chi connectivity index (χ2n) is 10.2. The van der Waals surface area contributed by atoms with Crippen molar-refractivity contribution in [2.24, 2.45) is 5.92 Å². The van der Waals surface area contributed by atoms with Gasteiger partial charge in [-0.2, -0.15) is 13.9 Å². The van der Waals surface area contributed by atoms with Gasteiger partial charge in [-0.1, -0.05) is 41.8 Å². The molecule has 2 atom stereocenters. The summed E-state index contributed by atoms with van der Waals surface area (Å²) in [7, 11) is 0. The highest BCUT2D eigenvalue weighted by molar-refractivity contribution is 6.31. The summed E-state index contributed by atoms with van der Waals surface area (Å²) >= 11 is 12.2. The maximum atomic E-state index is 13.9. The van der Waals surface area contributed by atoms with Crippen LogP contribution in [0.1, 0.15) is 49.9 Å². The molecule has 14 heteroatoms. The van der Waals surface area contributed by atoms with Gasteiger partial charge in [-0.25, -0.2) is 14.2 Å². The lowest BCUT2D eigenvalue weighted by Crippen LogP contribution is -2.22. The molecule has 0 spiro atoms. The van der Waals surface area contributed by atoms with E-state index >= 15 is 0 Å². The van der Waals surface area contributed by atoms with E-state index in [1.54, 1.807) is 49.4 Å². The van der Waals surface area contributed by atoms with Crippen LogP contribution in [0.3, 0.4) is 0 Å².